The Kier molecular flexibility index (Phi) is 18.2. The molecule has 0 aliphatic heterocycles. The molecule has 13 aromatic carbocycles. The van der Waals surface area contributed by atoms with E-state index in [1.807, 2.05) is 128 Å². The van der Waals surface area contributed by atoms with Crippen LogP contribution in [0.2, 0.25) is 0 Å². The highest BCUT2D eigenvalue weighted by Gasteiger charge is 2.25. The Morgan fingerprint density at radius 3 is 1.39 bits per heavy atom. The van der Waals surface area contributed by atoms with E-state index in [-0.39, 0.29) is 31.1 Å². The molecular weight excluding hydrogens is 1650 g/mol. The summed E-state index contributed by atoms with van der Waals surface area (Å²) >= 11 is 14.3. The third-order valence-corrected chi connectivity index (χ3v) is 22.2. The lowest BCUT2D eigenvalue weighted by Gasteiger charge is -2.20. The molecule has 12 N–H and O–H groups in total. The van der Waals surface area contributed by atoms with E-state index in [1.54, 1.807) is 20.8 Å². The normalized spacial score (nSPS) is 12.3. The number of nitrogens with zero attached hydrogens (tertiary/aromatic N) is 4. The molecule has 0 radical (unpaired) electrons. The van der Waals surface area contributed by atoms with Crippen molar-refractivity contribution < 1.29 is 19.1 Å². The molecule has 20 aromatic rings. The second-order valence-electron chi connectivity index (χ2n) is 28.6. The summed E-state index contributed by atoms with van der Waals surface area (Å²) in [6.07, 6.45) is 9.85. The number of ether oxygens (including phenoxy) is 1. The van der Waals surface area contributed by atoms with Crippen molar-refractivity contribution in [2.24, 2.45) is 16.5 Å². The minimum absolute atomic E-state index is 0.0617. The number of nitrogens with one attached hydrogen (secondary N) is 8. The number of fused-ring (bicyclic) bond motifs is 22. The second-order valence-corrected chi connectivity index (χ2v) is 32.3. The molecule has 0 saturated heterocycles. The van der Waals surface area contributed by atoms with Crippen molar-refractivity contribution >= 4 is 240 Å². The monoisotopic (exact) mass is 1710 g/mol. The summed E-state index contributed by atoms with van der Waals surface area (Å²) < 4.78 is 9.42. The smallest absolute Gasteiger partial charge is 0.308 e. The number of esters is 1. The van der Waals surface area contributed by atoms with Crippen molar-refractivity contribution in [3.05, 3.63) is 254 Å². The third-order valence-electron chi connectivity index (χ3n) is 20.2. The van der Waals surface area contributed by atoms with Gasteiger partial charge in [0.2, 0.25) is 5.91 Å². The van der Waals surface area contributed by atoms with Gasteiger partial charge in [-0.15, -0.1) is 0 Å². The Balaban J connectivity index is 0.000000117. The number of rotatable bonds is 12. The highest BCUT2D eigenvalue weighted by Crippen LogP contribution is 2.43. The van der Waals surface area contributed by atoms with Gasteiger partial charge in [-0.3, -0.25) is 19.4 Å². The van der Waals surface area contributed by atoms with Gasteiger partial charge >= 0.3 is 5.97 Å². The fraction of sp³-hybridized carbons (Fsp3) is 0.0899. The Labute approximate surface area is 665 Å². The van der Waals surface area contributed by atoms with Gasteiger partial charge in [-0.25, -0.2) is 15.0 Å². The number of carbonyl (C=O) groups excluding carboxylic acids is 3. The Morgan fingerprint density at radius 1 is 0.459 bits per heavy atom. The van der Waals surface area contributed by atoms with E-state index in [0.29, 0.717) is 5.69 Å². The summed E-state index contributed by atoms with van der Waals surface area (Å²) in [5.41, 5.74) is 27.2. The number of aromatic amines is 7. The molecule has 7 aromatic heterocycles. The summed E-state index contributed by atoms with van der Waals surface area (Å²) in [5.74, 6) is 1.47. The van der Waals surface area contributed by atoms with E-state index in [0.717, 1.165) is 199 Å². The fourth-order valence-corrected chi connectivity index (χ4v) is 16.6. The molecule has 544 valence electrons. The number of anilines is 1. The van der Waals surface area contributed by atoms with Crippen LogP contribution in [0.1, 0.15) is 38.3 Å². The summed E-state index contributed by atoms with van der Waals surface area (Å²) in [7, 11) is 0. The number of ketones is 1. The standard InChI is InChI=1S/C32H19Br2N5.C32H29BrN4O3.C25H18BrN5O/c33-18-5-9-28-24(11-18)17(15-36-28)14-35-20-7-8-22-21-3-1-2-4-23(21)30-31(26(22)13-20)39-32(38-30)27-16-37-29-10-6-19(34)12-25(27)29;1-32(2,3)40-28(39)15-25(34)27(38)13-17-8-10-20-19-6-4-5-7-21(19)29-30(23(20)12-17)37-31(36-29)24-16-35-26-11-9-18(33)14-22(24)26;26-13-5-8-21-18(9-13)20(12-28-21)25-30-23-17-4-2-1-3-15(17)16-7-6-14(29-22(32)11-27)10-19(16)24(23)31-25/h1-16,36-37H,(H,38,39);4-12,14,16,25,35H,13,15,34H2,1-3H3,(H,36,37);1-10,12,28H,11,27H2,(H,29,32)(H,30,31)/t;25-;/m.0./s1. The maximum atomic E-state index is 13.0. The van der Waals surface area contributed by atoms with Crippen LogP contribution < -0.4 is 16.8 Å². The zero-order valence-corrected chi connectivity index (χ0v) is 66.1. The Bertz CT molecular complexity index is 7250. The van der Waals surface area contributed by atoms with Gasteiger partial charge in [-0.1, -0.05) is 161 Å². The van der Waals surface area contributed by atoms with Gasteiger partial charge in [0.15, 0.2) is 5.78 Å². The molecule has 0 fully saturated rings. The van der Waals surface area contributed by atoms with Crippen LogP contribution in [-0.2, 0) is 25.5 Å². The lowest BCUT2D eigenvalue weighted by atomic mass is 9.95. The molecule has 111 heavy (non-hydrogen) atoms. The number of Topliss-reactive ketones (excluding diaryl/α,β-unsaturated/α-hetero) is 1. The minimum Gasteiger partial charge on any atom is -0.460 e. The topological polar surface area (TPSA) is 286 Å². The highest BCUT2D eigenvalue weighted by molar-refractivity contribution is 9.11. The molecule has 0 saturated carbocycles. The second kappa shape index (κ2) is 28.5. The van der Waals surface area contributed by atoms with E-state index in [4.69, 9.17) is 36.1 Å². The number of halogens is 4. The van der Waals surface area contributed by atoms with Crippen LogP contribution in [0, 0.1) is 0 Å². The molecule has 18 nitrogen and oxygen atoms in total. The van der Waals surface area contributed by atoms with Crippen LogP contribution in [0.4, 0.5) is 11.4 Å². The van der Waals surface area contributed by atoms with Crippen LogP contribution in [0.3, 0.4) is 0 Å². The van der Waals surface area contributed by atoms with E-state index in [2.05, 4.69) is 207 Å². The molecule has 0 bridgehead atoms. The number of aliphatic imine (C=N–C) groups is 1. The quantitative estimate of drug-likeness (QED) is 0.0316. The van der Waals surface area contributed by atoms with Crippen LogP contribution >= 0.6 is 63.7 Å². The van der Waals surface area contributed by atoms with Crippen molar-refractivity contribution in [2.45, 2.75) is 45.3 Å². The fourth-order valence-electron chi connectivity index (χ4n) is 15.2. The number of benzene rings is 13. The van der Waals surface area contributed by atoms with Crippen molar-refractivity contribution in [1.29, 1.82) is 0 Å². The first-order valence-corrected chi connectivity index (χ1v) is 39.1. The molecule has 0 unspecified atom stereocenters. The van der Waals surface area contributed by atoms with Gasteiger partial charge in [-0.05, 0) is 162 Å². The van der Waals surface area contributed by atoms with Crippen LogP contribution in [0.5, 0.6) is 0 Å². The molecule has 0 aliphatic rings. The van der Waals surface area contributed by atoms with E-state index in [9.17, 15) is 14.4 Å². The van der Waals surface area contributed by atoms with E-state index >= 15 is 0 Å². The van der Waals surface area contributed by atoms with Crippen LogP contribution in [0.15, 0.2) is 248 Å². The Morgan fingerprint density at radius 2 is 0.874 bits per heavy atom. The molecule has 0 spiro atoms. The molecule has 0 aliphatic carbocycles. The molecule has 1 atom stereocenters. The molecule has 22 heteroatoms. The third kappa shape index (κ3) is 13.4. The SMILES string of the molecule is Brc1ccc2[nH]cc(C=Nc3ccc4c5ccccc5c5nc(-c6c[nH]c7ccc(Br)cc67)[nH]c5c4c3)c2c1.CC(C)(C)OC(=O)C[C@H](N)C(=O)Cc1ccc2c3ccccc3c3[nH]c(-c4c[nH]c5ccc(Br)cc45)nc3c2c1.NCC(=O)Nc1ccc2c3ccccc3c3[nH]c(-c4c[nH]c5ccc(Br)cc45)nc3c2c1. The average molecular weight is 1720 g/mol. The number of hydrogen-bond donors (Lipinski definition) is 10. The number of amides is 1. The van der Waals surface area contributed by atoms with Crippen molar-refractivity contribution in [1.82, 2.24) is 49.8 Å². The number of H-pyrrole nitrogens is 7. The Hall–Kier alpha value is -11.9. The summed E-state index contributed by atoms with van der Waals surface area (Å²) in [6, 6.07) is 67.1. The number of imidazole rings is 3. The predicted octanol–water partition coefficient (Wildman–Crippen LogP) is 22.4. The van der Waals surface area contributed by atoms with Gasteiger partial charge < -0.3 is 56.4 Å². The zero-order chi connectivity index (χ0) is 76.1. The summed E-state index contributed by atoms with van der Waals surface area (Å²) in [5, 5.41) is 20.3. The first-order chi connectivity index (χ1) is 53.8. The first kappa shape index (κ1) is 70.8. The van der Waals surface area contributed by atoms with Gasteiger partial charge in [-0.2, -0.15) is 0 Å². The maximum absolute atomic E-state index is 13.0. The van der Waals surface area contributed by atoms with Crippen LogP contribution in [-0.4, -0.2) is 91.9 Å². The van der Waals surface area contributed by atoms with Crippen LogP contribution in [0.25, 0.3) is 176 Å². The van der Waals surface area contributed by atoms with Crippen molar-refractivity contribution in [2.75, 3.05) is 11.9 Å². The van der Waals surface area contributed by atoms with Gasteiger partial charge in [0, 0.05) is 159 Å². The van der Waals surface area contributed by atoms with Crippen molar-refractivity contribution in [3.8, 4) is 34.2 Å². The number of aromatic nitrogens is 10. The number of hydrogen-bond acceptors (Lipinski definition) is 10. The van der Waals surface area contributed by atoms with E-state index < -0.39 is 17.6 Å². The molecule has 7 heterocycles. The first-order valence-electron chi connectivity index (χ1n) is 35.9. The summed E-state index contributed by atoms with van der Waals surface area (Å²) in [6.45, 7) is 5.30. The molecular formula is C89H66Br4N14O4. The summed E-state index contributed by atoms with van der Waals surface area (Å²) in [4.78, 5) is 81.3. The maximum Gasteiger partial charge on any atom is 0.308 e. The molecule has 1 amide bonds. The minimum atomic E-state index is -0.930. The number of carbonyl (C=O) groups is 3. The van der Waals surface area contributed by atoms with Gasteiger partial charge in [0.05, 0.1) is 57.8 Å². The largest absolute Gasteiger partial charge is 0.460 e. The average Bonchev–Trinajstić information content (AvgIpc) is 1.63. The lowest BCUT2D eigenvalue weighted by molar-refractivity contribution is -0.156. The predicted molar refractivity (Wildman–Crippen MR) is 466 cm³/mol. The van der Waals surface area contributed by atoms with Crippen molar-refractivity contribution in [3.63, 3.8) is 0 Å². The highest BCUT2D eigenvalue weighted by atomic mass is 79.9. The van der Waals surface area contributed by atoms with Gasteiger partial charge in [0.1, 0.15) is 23.1 Å². The zero-order valence-electron chi connectivity index (χ0n) is 59.7. The number of nitrogens with two attached hydrogens (primary N) is 2. The van der Waals surface area contributed by atoms with Gasteiger partial charge in [0.25, 0.3) is 0 Å². The molecule has 20 rings (SSSR count). The lowest BCUT2D eigenvalue weighted by Crippen LogP contribution is -2.36. The van der Waals surface area contributed by atoms with E-state index in [1.165, 1.54) is 10.8 Å².